The number of pyridine rings is 1. The average molecular weight is 478 g/mol. The van der Waals surface area contributed by atoms with E-state index in [9.17, 15) is 14.0 Å². The van der Waals surface area contributed by atoms with Gasteiger partial charge in [0.1, 0.15) is 18.0 Å². The fourth-order valence-corrected chi connectivity index (χ4v) is 4.89. The number of likely N-dealkylation sites (tertiary alicyclic amines) is 2. The Bertz CT molecular complexity index is 1240. The number of imidazole rings is 1. The number of ether oxygens (including phenoxy) is 1. The summed E-state index contributed by atoms with van der Waals surface area (Å²) in [5, 5.41) is 0. The van der Waals surface area contributed by atoms with Crippen molar-refractivity contribution in [1.82, 2.24) is 24.3 Å². The maximum Gasteiger partial charge on any atom is 0.410 e. The summed E-state index contributed by atoms with van der Waals surface area (Å²) in [6.07, 6.45) is 5.46. The van der Waals surface area contributed by atoms with E-state index in [4.69, 9.17) is 4.74 Å². The van der Waals surface area contributed by atoms with E-state index in [2.05, 4.69) is 9.97 Å². The Morgan fingerprint density at radius 1 is 1.00 bits per heavy atom. The number of amides is 2. The van der Waals surface area contributed by atoms with Crippen molar-refractivity contribution in [2.45, 2.75) is 51.4 Å². The number of carbonyl (C=O) groups excluding carboxylic acids is 2. The van der Waals surface area contributed by atoms with Gasteiger partial charge >= 0.3 is 6.09 Å². The fourth-order valence-electron chi connectivity index (χ4n) is 4.89. The summed E-state index contributed by atoms with van der Waals surface area (Å²) in [5.74, 6) is -0.349. The summed E-state index contributed by atoms with van der Waals surface area (Å²) < 4.78 is 20.8. The van der Waals surface area contributed by atoms with Crippen LogP contribution in [0.1, 0.15) is 27.2 Å². The van der Waals surface area contributed by atoms with Crippen molar-refractivity contribution < 1.29 is 18.7 Å². The zero-order valence-electron chi connectivity index (χ0n) is 20.0. The summed E-state index contributed by atoms with van der Waals surface area (Å²) in [6, 6.07) is 9.82. The minimum absolute atomic E-state index is 0.0236. The van der Waals surface area contributed by atoms with E-state index >= 15 is 0 Å². The van der Waals surface area contributed by atoms with Gasteiger partial charge in [0.05, 0.1) is 29.8 Å². The number of aromatic nitrogens is 3. The molecule has 0 saturated carbocycles. The van der Waals surface area contributed by atoms with Crippen molar-refractivity contribution in [3.05, 3.63) is 60.9 Å². The monoisotopic (exact) mass is 477 g/mol. The van der Waals surface area contributed by atoms with Crippen LogP contribution in [0.4, 0.5) is 9.18 Å². The van der Waals surface area contributed by atoms with Crippen LogP contribution in [0.3, 0.4) is 0 Å². The highest BCUT2D eigenvalue weighted by Crippen LogP contribution is 2.34. The Morgan fingerprint density at radius 3 is 2.29 bits per heavy atom. The van der Waals surface area contributed by atoms with Gasteiger partial charge < -0.3 is 19.1 Å². The zero-order valence-corrected chi connectivity index (χ0v) is 20.0. The van der Waals surface area contributed by atoms with Crippen LogP contribution in [-0.4, -0.2) is 67.1 Å². The number of benzene rings is 1. The van der Waals surface area contributed by atoms with Gasteiger partial charge in [-0.1, -0.05) is 0 Å². The minimum Gasteiger partial charge on any atom is -0.444 e. The Kier molecular flexibility index (Phi) is 5.78. The van der Waals surface area contributed by atoms with E-state index in [0.717, 1.165) is 23.2 Å². The van der Waals surface area contributed by atoms with E-state index in [0.29, 0.717) is 18.8 Å². The number of rotatable bonds is 4. The number of piperazine rings is 1. The van der Waals surface area contributed by atoms with Gasteiger partial charge in [-0.25, -0.2) is 14.2 Å². The molecule has 2 bridgehead atoms. The van der Waals surface area contributed by atoms with E-state index < -0.39 is 5.60 Å². The SMILES string of the molecule is CC(C)(C)OC(=O)N1C[C@@H]2C[C@H]1CN2C(=O)Cn1cnc(-c2ccc(F)cc2)c1-c1ccncc1. The Hall–Kier alpha value is -3.75. The van der Waals surface area contributed by atoms with E-state index in [-0.39, 0.29) is 36.4 Å². The number of hydrogen-bond acceptors (Lipinski definition) is 5. The van der Waals surface area contributed by atoms with Gasteiger partial charge in [0.2, 0.25) is 5.91 Å². The van der Waals surface area contributed by atoms with Crippen molar-refractivity contribution in [3.63, 3.8) is 0 Å². The van der Waals surface area contributed by atoms with Crippen LogP contribution in [0.5, 0.6) is 0 Å². The molecule has 9 heteroatoms. The van der Waals surface area contributed by atoms with Gasteiger partial charge in [-0.2, -0.15) is 0 Å². The van der Waals surface area contributed by atoms with Crippen LogP contribution in [0.25, 0.3) is 22.5 Å². The highest BCUT2D eigenvalue weighted by molar-refractivity contribution is 5.82. The lowest BCUT2D eigenvalue weighted by Crippen LogP contribution is -2.52. The molecule has 0 aliphatic carbocycles. The van der Waals surface area contributed by atoms with Crippen LogP contribution in [0.15, 0.2) is 55.1 Å². The molecular weight excluding hydrogens is 449 g/mol. The molecule has 0 spiro atoms. The highest BCUT2D eigenvalue weighted by Gasteiger charge is 2.48. The van der Waals surface area contributed by atoms with E-state index in [1.54, 1.807) is 35.8 Å². The number of nitrogens with zero attached hydrogens (tertiary/aromatic N) is 5. The standard InChI is InChI=1S/C26H28FN5O3/c1-26(2,3)35-25(34)32-14-20-12-21(32)13-31(20)22(33)15-30-16-29-23(17-4-6-19(27)7-5-17)24(30)18-8-10-28-11-9-18/h4-11,16,20-21H,12-15H2,1-3H3/t20-,21-/m0/s1. The number of hydrogen-bond donors (Lipinski definition) is 0. The lowest BCUT2D eigenvalue weighted by atomic mass is 10.1. The Balaban J connectivity index is 1.35. The number of halogens is 1. The summed E-state index contributed by atoms with van der Waals surface area (Å²) in [6.45, 7) is 6.63. The molecule has 0 unspecified atom stereocenters. The average Bonchev–Trinajstić information content (AvgIpc) is 3.53. The minimum atomic E-state index is -0.554. The molecule has 2 amide bonds. The quantitative estimate of drug-likeness (QED) is 0.568. The number of carbonyl (C=O) groups is 2. The first kappa shape index (κ1) is 23.0. The highest BCUT2D eigenvalue weighted by atomic mass is 19.1. The molecule has 0 N–H and O–H groups in total. The molecule has 2 fully saturated rings. The van der Waals surface area contributed by atoms with E-state index in [1.165, 1.54) is 12.1 Å². The second-order valence-electron chi connectivity index (χ2n) is 10.0. The normalized spacial score (nSPS) is 19.3. The van der Waals surface area contributed by atoms with Crippen molar-refractivity contribution in [2.75, 3.05) is 13.1 Å². The molecule has 2 aromatic heterocycles. The predicted molar refractivity (Wildman–Crippen MR) is 128 cm³/mol. The van der Waals surface area contributed by atoms with Crippen molar-refractivity contribution in [3.8, 4) is 22.5 Å². The first-order valence-electron chi connectivity index (χ1n) is 11.7. The maximum atomic E-state index is 13.5. The lowest BCUT2D eigenvalue weighted by Gasteiger charge is -2.35. The van der Waals surface area contributed by atoms with Crippen LogP contribution in [-0.2, 0) is 16.1 Å². The summed E-state index contributed by atoms with van der Waals surface area (Å²) in [7, 11) is 0. The third-order valence-electron chi connectivity index (χ3n) is 6.40. The van der Waals surface area contributed by atoms with Crippen LogP contribution >= 0.6 is 0 Å². The molecule has 4 heterocycles. The first-order valence-corrected chi connectivity index (χ1v) is 11.7. The molecule has 2 atom stereocenters. The molecule has 5 rings (SSSR count). The first-order chi connectivity index (χ1) is 16.7. The third-order valence-corrected chi connectivity index (χ3v) is 6.40. The second-order valence-corrected chi connectivity index (χ2v) is 10.0. The van der Waals surface area contributed by atoms with Crippen molar-refractivity contribution in [2.24, 2.45) is 0 Å². The van der Waals surface area contributed by atoms with Gasteiger partial charge in [0, 0.05) is 36.6 Å². The second kappa shape index (κ2) is 8.79. The molecule has 182 valence electrons. The molecule has 2 saturated heterocycles. The third kappa shape index (κ3) is 4.62. The zero-order chi connectivity index (χ0) is 24.7. The molecule has 2 aliphatic heterocycles. The number of fused-ring (bicyclic) bond motifs is 2. The fraction of sp³-hybridized carbons (Fsp3) is 0.385. The topological polar surface area (TPSA) is 80.6 Å². The van der Waals surface area contributed by atoms with Gasteiger partial charge in [-0.05, 0) is 63.6 Å². The van der Waals surface area contributed by atoms with Gasteiger partial charge in [0.15, 0.2) is 0 Å². The molecule has 1 aromatic carbocycles. The van der Waals surface area contributed by atoms with E-state index in [1.807, 2.05) is 42.4 Å². The molecule has 2 aliphatic rings. The molecule has 0 radical (unpaired) electrons. The summed E-state index contributed by atoms with van der Waals surface area (Å²) in [4.78, 5) is 38.2. The van der Waals surface area contributed by atoms with Crippen molar-refractivity contribution >= 4 is 12.0 Å². The Labute approximate surface area is 203 Å². The van der Waals surface area contributed by atoms with Crippen LogP contribution in [0.2, 0.25) is 0 Å². The summed E-state index contributed by atoms with van der Waals surface area (Å²) >= 11 is 0. The molecule has 35 heavy (non-hydrogen) atoms. The van der Waals surface area contributed by atoms with Crippen LogP contribution < -0.4 is 0 Å². The lowest BCUT2D eigenvalue weighted by molar-refractivity contribution is -0.134. The largest absolute Gasteiger partial charge is 0.444 e. The molecule has 3 aromatic rings. The Morgan fingerprint density at radius 2 is 1.66 bits per heavy atom. The predicted octanol–water partition coefficient (Wildman–Crippen LogP) is 3.97. The molecule has 8 nitrogen and oxygen atoms in total. The molecular formula is C26H28FN5O3. The van der Waals surface area contributed by atoms with Gasteiger partial charge in [0.25, 0.3) is 0 Å². The smallest absolute Gasteiger partial charge is 0.410 e. The van der Waals surface area contributed by atoms with Gasteiger partial charge in [-0.3, -0.25) is 9.78 Å². The van der Waals surface area contributed by atoms with Crippen LogP contribution in [0, 0.1) is 5.82 Å². The van der Waals surface area contributed by atoms with Gasteiger partial charge in [-0.15, -0.1) is 0 Å². The van der Waals surface area contributed by atoms with Crippen molar-refractivity contribution in [1.29, 1.82) is 0 Å². The summed E-state index contributed by atoms with van der Waals surface area (Å²) in [5.41, 5.74) is 2.51. The maximum absolute atomic E-state index is 13.5.